The molecular weight excluding hydrogens is 349 g/mol. The van der Waals surface area contributed by atoms with E-state index >= 15 is 0 Å². The summed E-state index contributed by atoms with van der Waals surface area (Å²) in [5, 5.41) is 3.44. The first-order valence-corrected chi connectivity index (χ1v) is 8.75. The molecule has 0 saturated heterocycles. The minimum absolute atomic E-state index is 0.0593. The Morgan fingerprint density at radius 3 is 2.24 bits per heavy atom. The van der Waals surface area contributed by atoms with Crippen molar-refractivity contribution in [1.29, 1.82) is 0 Å². The van der Waals surface area contributed by atoms with Crippen LogP contribution in [0.2, 0.25) is 0 Å². The van der Waals surface area contributed by atoms with E-state index in [0.717, 1.165) is 17.7 Å². The van der Waals surface area contributed by atoms with Crippen molar-refractivity contribution in [3.05, 3.63) is 65.5 Å². The third-order valence-corrected chi connectivity index (χ3v) is 4.24. The monoisotopic (exact) mass is 365 g/mol. The van der Waals surface area contributed by atoms with E-state index in [0.29, 0.717) is 0 Å². The van der Waals surface area contributed by atoms with Gasteiger partial charge in [-0.25, -0.2) is 9.18 Å². The number of carbonyl (C=O) groups is 1. The SMILES string of the molecule is CCOC(=O)/C(=N/OS(=O)(=O)c1ccc(C)cc1)c1ccc(F)cc1. The average Bonchev–Trinajstić information content (AvgIpc) is 2.57. The Kier molecular flexibility index (Phi) is 5.87. The number of hydrogen-bond acceptors (Lipinski definition) is 6. The highest BCUT2D eigenvalue weighted by atomic mass is 32.2. The number of ether oxygens (including phenoxy) is 1. The van der Waals surface area contributed by atoms with Crippen molar-refractivity contribution in [2.24, 2.45) is 5.16 Å². The maximum atomic E-state index is 13.0. The molecule has 0 saturated carbocycles. The lowest BCUT2D eigenvalue weighted by Gasteiger charge is -2.07. The maximum Gasteiger partial charge on any atom is 0.361 e. The maximum absolute atomic E-state index is 13.0. The largest absolute Gasteiger partial charge is 0.461 e. The second-order valence-electron chi connectivity index (χ2n) is 5.01. The molecule has 0 aromatic heterocycles. The van der Waals surface area contributed by atoms with Gasteiger partial charge in [0, 0.05) is 5.56 Å². The van der Waals surface area contributed by atoms with Crippen LogP contribution in [-0.4, -0.2) is 26.7 Å². The Balaban J connectivity index is 2.35. The van der Waals surface area contributed by atoms with Gasteiger partial charge in [-0.15, -0.1) is 0 Å². The molecule has 0 heterocycles. The van der Waals surface area contributed by atoms with Crippen LogP contribution < -0.4 is 0 Å². The van der Waals surface area contributed by atoms with Crippen LogP contribution in [0.25, 0.3) is 0 Å². The number of esters is 1. The van der Waals surface area contributed by atoms with E-state index in [1.807, 2.05) is 6.92 Å². The molecule has 6 nitrogen and oxygen atoms in total. The minimum atomic E-state index is -4.21. The third kappa shape index (κ3) is 4.87. The fourth-order valence-electron chi connectivity index (χ4n) is 1.85. The van der Waals surface area contributed by atoms with E-state index in [4.69, 9.17) is 4.74 Å². The number of oxime groups is 1. The van der Waals surface area contributed by atoms with Gasteiger partial charge in [-0.1, -0.05) is 22.9 Å². The van der Waals surface area contributed by atoms with Crippen LogP contribution in [0.1, 0.15) is 18.1 Å². The third-order valence-electron chi connectivity index (χ3n) is 3.12. The van der Waals surface area contributed by atoms with Gasteiger partial charge in [-0.05, 0) is 50.2 Å². The van der Waals surface area contributed by atoms with E-state index in [2.05, 4.69) is 9.44 Å². The molecule has 0 fully saturated rings. The van der Waals surface area contributed by atoms with Gasteiger partial charge in [0.05, 0.1) is 6.61 Å². The summed E-state index contributed by atoms with van der Waals surface area (Å²) in [4.78, 5) is 11.9. The first kappa shape index (κ1) is 18.6. The molecule has 0 aliphatic rings. The first-order valence-electron chi connectivity index (χ1n) is 7.35. The average molecular weight is 365 g/mol. The van der Waals surface area contributed by atoms with E-state index in [-0.39, 0.29) is 22.8 Å². The van der Waals surface area contributed by atoms with Gasteiger partial charge < -0.3 is 4.74 Å². The van der Waals surface area contributed by atoms with Crippen molar-refractivity contribution < 1.29 is 26.6 Å². The molecule has 25 heavy (non-hydrogen) atoms. The zero-order chi connectivity index (χ0) is 18.4. The van der Waals surface area contributed by atoms with Crippen LogP contribution in [0.4, 0.5) is 4.39 Å². The Morgan fingerprint density at radius 1 is 1.08 bits per heavy atom. The molecule has 0 atom stereocenters. The quantitative estimate of drug-likeness (QED) is 0.447. The van der Waals surface area contributed by atoms with E-state index < -0.39 is 21.9 Å². The minimum Gasteiger partial charge on any atom is -0.461 e. The van der Waals surface area contributed by atoms with Gasteiger partial charge in [-0.3, -0.25) is 4.28 Å². The topological polar surface area (TPSA) is 82.0 Å². The molecule has 0 bridgehead atoms. The summed E-state index contributed by atoms with van der Waals surface area (Å²) >= 11 is 0. The molecule has 0 N–H and O–H groups in total. The lowest BCUT2D eigenvalue weighted by molar-refractivity contribution is -0.135. The molecular formula is C17H16FNO5S. The van der Waals surface area contributed by atoms with E-state index in [1.165, 1.54) is 24.3 Å². The summed E-state index contributed by atoms with van der Waals surface area (Å²) in [5.74, 6) is -1.40. The van der Waals surface area contributed by atoms with Crippen LogP contribution in [-0.2, 0) is 23.9 Å². The highest BCUT2D eigenvalue weighted by Crippen LogP contribution is 2.15. The second kappa shape index (κ2) is 7.89. The van der Waals surface area contributed by atoms with Gasteiger partial charge in [0.1, 0.15) is 10.7 Å². The van der Waals surface area contributed by atoms with Crippen LogP contribution in [0.15, 0.2) is 58.6 Å². The predicted molar refractivity (Wildman–Crippen MR) is 89.0 cm³/mol. The summed E-state index contributed by atoms with van der Waals surface area (Å²) in [6.07, 6.45) is 0. The number of benzene rings is 2. The number of halogens is 1. The summed E-state index contributed by atoms with van der Waals surface area (Å²) in [5.41, 5.74) is 0.664. The predicted octanol–water partition coefficient (Wildman–Crippen LogP) is 2.81. The molecule has 8 heteroatoms. The molecule has 132 valence electrons. The van der Waals surface area contributed by atoms with E-state index in [1.54, 1.807) is 19.1 Å². The molecule has 0 aliphatic carbocycles. The number of hydrogen-bond donors (Lipinski definition) is 0. The standard InChI is InChI=1S/C17H16FNO5S/c1-3-23-17(20)16(13-6-8-14(18)9-7-13)19-24-25(21,22)15-10-4-12(2)5-11-15/h4-11H,3H2,1-2H3/b19-16+. The lowest BCUT2D eigenvalue weighted by Crippen LogP contribution is -2.20. The van der Waals surface area contributed by atoms with Crippen LogP contribution >= 0.6 is 0 Å². The Hall–Kier alpha value is -2.74. The van der Waals surface area contributed by atoms with Crippen molar-refractivity contribution in [2.45, 2.75) is 18.7 Å². The molecule has 0 spiro atoms. The van der Waals surface area contributed by atoms with E-state index in [9.17, 15) is 17.6 Å². The zero-order valence-electron chi connectivity index (χ0n) is 13.6. The molecule has 0 unspecified atom stereocenters. The van der Waals surface area contributed by atoms with Crippen molar-refractivity contribution in [1.82, 2.24) is 0 Å². The van der Waals surface area contributed by atoms with Gasteiger partial charge in [0.2, 0.25) is 0 Å². The lowest BCUT2D eigenvalue weighted by atomic mass is 10.1. The number of aryl methyl sites for hydroxylation is 1. The number of rotatable bonds is 6. The molecule has 0 aliphatic heterocycles. The van der Waals surface area contributed by atoms with Gasteiger partial charge in [0.15, 0.2) is 5.71 Å². The van der Waals surface area contributed by atoms with Crippen molar-refractivity contribution in [3.8, 4) is 0 Å². The van der Waals surface area contributed by atoms with Crippen LogP contribution in [0, 0.1) is 12.7 Å². The van der Waals surface area contributed by atoms with Crippen molar-refractivity contribution in [3.63, 3.8) is 0 Å². The summed E-state index contributed by atoms with van der Waals surface area (Å²) < 4.78 is 46.9. The highest BCUT2D eigenvalue weighted by Gasteiger charge is 2.21. The Bertz CT molecular complexity index is 874. The highest BCUT2D eigenvalue weighted by molar-refractivity contribution is 7.86. The summed E-state index contributed by atoms with van der Waals surface area (Å²) in [7, 11) is -4.21. The van der Waals surface area contributed by atoms with Crippen molar-refractivity contribution >= 4 is 21.8 Å². The molecule has 2 aromatic rings. The normalized spacial score (nSPS) is 11.9. The molecule has 0 radical (unpaired) electrons. The van der Waals surface area contributed by atoms with Gasteiger partial charge in [0.25, 0.3) is 0 Å². The first-order chi connectivity index (χ1) is 11.8. The second-order valence-corrected chi connectivity index (χ2v) is 6.54. The molecule has 2 rings (SSSR count). The van der Waals surface area contributed by atoms with Crippen molar-refractivity contribution in [2.75, 3.05) is 6.61 Å². The number of carbonyl (C=O) groups excluding carboxylic acids is 1. The number of nitrogens with zero attached hydrogens (tertiary/aromatic N) is 1. The van der Waals surface area contributed by atoms with Gasteiger partial charge in [-0.2, -0.15) is 8.42 Å². The smallest absolute Gasteiger partial charge is 0.361 e. The summed E-state index contributed by atoms with van der Waals surface area (Å²) in [6, 6.07) is 10.7. The zero-order valence-corrected chi connectivity index (χ0v) is 14.4. The van der Waals surface area contributed by atoms with Gasteiger partial charge >= 0.3 is 16.1 Å². The molecule has 0 amide bonds. The Labute approximate surface area is 145 Å². The van der Waals surface area contributed by atoms with Crippen LogP contribution in [0.3, 0.4) is 0 Å². The summed E-state index contributed by atoms with van der Waals surface area (Å²) in [6.45, 7) is 3.46. The fourth-order valence-corrected chi connectivity index (χ4v) is 2.58. The van der Waals surface area contributed by atoms with Crippen LogP contribution in [0.5, 0.6) is 0 Å². The molecule has 2 aromatic carbocycles. The fraction of sp³-hybridized carbons (Fsp3) is 0.176. The Morgan fingerprint density at radius 2 is 1.68 bits per heavy atom.